The highest BCUT2D eigenvalue weighted by molar-refractivity contribution is 7.86. The van der Waals surface area contributed by atoms with Crippen LogP contribution in [0.4, 0.5) is 0 Å². The van der Waals surface area contributed by atoms with Gasteiger partial charge in [-0.15, -0.1) is 0 Å². The van der Waals surface area contributed by atoms with Gasteiger partial charge in [-0.25, -0.2) is 0 Å². The van der Waals surface area contributed by atoms with Gasteiger partial charge in [-0.05, 0) is 18.4 Å². The molecule has 0 spiro atoms. The number of pyridine rings is 1. The van der Waals surface area contributed by atoms with Gasteiger partial charge < -0.3 is 0 Å². The van der Waals surface area contributed by atoms with Gasteiger partial charge in [-0.1, -0.05) is 58.4 Å². The number of aromatic nitrogens is 1. The van der Waals surface area contributed by atoms with Crippen LogP contribution in [0.2, 0.25) is 0 Å². The van der Waals surface area contributed by atoms with Crippen molar-refractivity contribution in [3.05, 3.63) is 30.1 Å². The molecule has 1 aromatic rings. The summed E-state index contributed by atoms with van der Waals surface area (Å²) in [6.07, 6.45) is 12.4. The first-order valence-corrected chi connectivity index (χ1v) is 10.0. The van der Waals surface area contributed by atoms with Crippen LogP contribution < -0.4 is 0 Å². The Balaban J connectivity index is 2.56. The minimum absolute atomic E-state index is 0.144. The van der Waals surface area contributed by atoms with Crippen LogP contribution in [-0.4, -0.2) is 19.7 Å². The van der Waals surface area contributed by atoms with Gasteiger partial charge in [0.2, 0.25) is 0 Å². The lowest BCUT2D eigenvalue weighted by molar-refractivity contribution is 0.145. The molecular weight excluding hydrogens is 298 g/mol. The molecule has 0 aromatic carbocycles. The molecule has 0 aliphatic heterocycles. The highest BCUT2D eigenvalue weighted by Gasteiger charge is 2.24. The summed E-state index contributed by atoms with van der Waals surface area (Å²) in [7, 11) is -3.49. The van der Waals surface area contributed by atoms with Gasteiger partial charge in [0.25, 0.3) is 10.1 Å². The second-order valence-corrected chi connectivity index (χ2v) is 7.64. The first kappa shape index (κ1) is 19.1. The van der Waals surface area contributed by atoms with Crippen molar-refractivity contribution in [1.82, 2.24) is 4.98 Å². The van der Waals surface area contributed by atoms with Gasteiger partial charge in [0, 0.05) is 18.0 Å². The zero-order valence-corrected chi connectivity index (χ0v) is 14.8. The molecule has 5 heteroatoms. The molecule has 0 amide bonds. The van der Waals surface area contributed by atoms with E-state index in [-0.39, 0.29) is 5.92 Å². The summed E-state index contributed by atoms with van der Waals surface area (Å²) >= 11 is 0. The van der Waals surface area contributed by atoms with Gasteiger partial charge in [0.15, 0.2) is 0 Å². The fraction of sp³-hybridized carbons (Fsp3) is 0.706. The normalized spacial score (nSPS) is 14.7. The molecule has 0 N–H and O–H groups in total. The van der Waals surface area contributed by atoms with Crippen LogP contribution in [0.1, 0.15) is 70.5 Å². The Morgan fingerprint density at radius 1 is 1.18 bits per heavy atom. The molecule has 0 radical (unpaired) electrons. The van der Waals surface area contributed by atoms with Gasteiger partial charge in [-0.2, -0.15) is 8.42 Å². The minimum atomic E-state index is -3.49. The highest BCUT2D eigenvalue weighted by Crippen LogP contribution is 2.30. The van der Waals surface area contributed by atoms with E-state index in [1.54, 1.807) is 12.4 Å². The standard InChI is InChI=1S/C17H29NO3S/c1-4-5-6-7-8-9-11-15(2)17(21-22(3,19)20)16-12-10-13-18-14-16/h10,12-15,17H,4-9,11H2,1-3H3. The van der Waals surface area contributed by atoms with E-state index in [0.717, 1.165) is 24.7 Å². The largest absolute Gasteiger partial charge is 0.264 e. The monoisotopic (exact) mass is 327 g/mol. The maximum Gasteiger partial charge on any atom is 0.264 e. The first-order chi connectivity index (χ1) is 10.4. The van der Waals surface area contributed by atoms with Crippen molar-refractivity contribution in [3.8, 4) is 0 Å². The van der Waals surface area contributed by atoms with Crippen LogP contribution >= 0.6 is 0 Å². The van der Waals surface area contributed by atoms with Crippen molar-refractivity contribution in [2.24, 2.45) is 5.92 Å². The first-order valence-electron chi connectivity index (χ1n) is 8.22. The van der Waals surface area contributed by atoms with Crippen molar-refractivity contribution in [2.75, 3.05) is 6.26 Å². The predicted molar refractivity (Wildman–Crippen MR) is 90.1 cm³/mol. The molecule has 2 atom stereocenters. The number of hydrogen-bond donors (Lipinski definition) is 0. The van der Waals surface area contributed by atoms with Crippen LogP contribution in [-0.2, 0) is 14.3 Å². The molecule has 0 saturated heterocycles. The molecule has 1 heterocycles. The Hall–Kier alpha value is -0.940. The smallest absolute Gasteiger partial charge is 0.264 e. The van der Waals surface area contributed by atoms with E-state index in [9.17, 15) is 8.42 Å². The van der Waals surface area contributed by atoms with Gasteiger partial charge in [-0.3, -0.25) is 9.17 Å². The van der Waals surface area contributed by atoms with E-state index in [4.69, 9.17) is 4.18 Å². The average molecular weight is 327 g/mol. The van der Waals surface area contributed by atoms with E-state index >= 15 is 0 Å². The van der Waals surface area contributed by atoms with Crippen molar-refractivity contribution in [3.63, 3.8) is 0 Å². The molecule has 2 unspecified atom stereocenters. The molecule has 0 saturated carbocycles. The number of hydrogen-bond acceptors (Lipinski definition) is 4. The lowest BCUT2D eigenvalue weighted by Gasteiger charge is -2.23. The van der Waals surface area contributed by atoms with Gasteiger partial charge in [0.1, 0.15) is 6.10 Å². The third-order valence-corrected chi connectivity index (χ3v) is 4.38. The quantitative estimate of drug-likeness (QED) is 0.444. The Bertz CT molecular complexity index is 502. The van der Waals surface area contributed by atoms with Crippen LogP contribution in [0.5, 0.6) is 0 Å². The Kier molecular flexibility index (Phi) is 8.64. The maximum absolute atomic E-state index is 11.5. The number of unbranched alkanes of at least 4 members (excludes halogenated alkanes) is 5. The molecule has 1 aromatic heterocycles. The molecule has 4 nitrogen and oxygen atoms in total. The zero-order valence-electron chi connectivity index (χ0n) is 14.0. The van der Waals surface area contributed by atoms with Crippen LogP contribution in [0.15, 0.2) is 24.5 Å². The third kappa shape index (κ3) is 7.90. The SMILES string of the molecule is CCCCCCCCC(C)C(OS(C)(=O)=O)c1cccnc1. The average Bonchev–Trinajstić information content (AvgIpc) is 2.48. The predicted octanol–water partition coefficient (Wildman–Crippen LogP) is 4.49. The van der Waals surface area contributed by atoms with E-state index < -0.39 is 16.2 Å². The topological polar surface area (TPSA) is 56.3 Å². The fourth-order valence-corrected chi connectivity index (χ4v) is 3.29. The third-order valence-electron chi connectivity index (χ3n) is 3.82. The Labute approximate surface area is 135 Å². The Morgan fingerprint density at radius 2 is 1.86 bits per heavy atom. The summed E-state index contributed by atoms with van der Waals surface area (Å²) < 4.78 is 28.4. The molecule has 22 heavy (non-hydrogen) atoms. The summed E-state index contributed by atoms with van der Waals surface area (Å²) in [5.41, 5.74) is 0.825. The summed E-state index contributed by atoms with van der Waals surface area (Å²) in [6, 6.07) is 3.69. The van der Waals surface area contributed by atoms with Crippen LogP contribution in [0.3, 0.4) is 0 Å². The zero-order chi connectivity index (χ0) is 16.4. The minimum Gasteiger partial charge on any atom is -0.264 e. The van der Waals surface area contributed by atoms with Crippen molar-refractivity contribution >= 4 is 10.1 Å². The maximum atomic E-state index is 11.5. The molecule has 0 fully saturated rings. The van der Waals surface area contributed by atoms with E-state index in [0.29, 0.717) is 0 Å². The summed E-state index contributed by atoms with van der Waals surface area (Å²) in [5.74, 6) is 0.144. The summed E-state index contributed by atoms with van der Waals surface area (Å²) in [5, 5.41) is 0. The van der Waals surface area contributed by atoms with E-state index in [1.165, 1.54) is 32.1 Å². The second-order valence-electron chi connectivity index (χ2n) is 6.04. The van der Waals surface area contributed by atoms with E-state index in [1.807, 2.05) is 12.1 Å². The lowest BCUT2D eigenvalue weighted by Crippen LogP contribution is -2.17. The molecular formula is C17H29NO3S. The van der Waals surface area contributed by atoms with Crippen LogP contribution in [0, 0.1) is 5.92 Å². The highest BCUT2D eigenvalue weighted by atomic mass is 32.2. The van der Waals surface area contributed by atoms with Gasteiger partial charge in [0.05, 0.1) is 6.26 Å². The second kappa shape index (κ2) is 9.95. The lowest BCUT2D eigenvalue weighted by atomic mass is 9.93. The molecule has 0 aliphatic carbocycles. The number of nitrogens with zero attached hydrogens (tertiary/aromatic N) is 1. The van der Waals surface area contributed by atoms with Crippen molar-refractivity contribution < 1.29 is 12.6 Å². The summed E-state index contributed by atoms with van der Waals surface area (Å²) in [4.78, 5) is 4.07. The fourth-order valence-electron chi connectivity index (χ4n) is 2.61. The van der Waals surface area contributed by atoms with Crippen molar-refractivity contribution in [1.29, 1.82) is 0 Å². The molecule has 1 rings (SSSR count). The van der Waals surface area contributed by atoms with Gasteiger partial charge >= 0.3 is 0 Å². The Morgan fingerprint density at radius 3 is 2.45 bits per heavy atom. The number of rotatable bonds is 11. The van der Waals surface area contributed by atoms with Crippen molar-refractivity contribution in [2.45, 2.75) is 64.9 Å². The van der Waals surface area contributed by atoms with E-state index in [2.05, 4.69) is 18.8 Å². The summed E-state index contributed by atoms with van der Waals surface area (Å²) in [6.45, 7) is 4.26. The molecule has 0 aliphatic rings. The molecule has 126 valence electrons. The molecule has 0 bridgehead atoms. The van der Waals surface area contributed by atoms with Crippen LogP contribution in [0.25, 0.3) is 0 Å².